The van der Waals surface area contributed by atoms with Gasteiger partial charge < -0.3 is 19.1 Å². The Morgan fingerprint density at radius 2 is 1.78 bits per heavy atom. The van der Waals surface area contributed by atoms with Crippen LogP contribution >= 0.6 is 11.6 Å². The van der Waals surface area contributed by atoms with Crippen molar-refractivity contribution in [3.05, 3.63) is 68.7 Å². The number of aryl methyl sites for hydroxylation is 2. The van der Waals surface area contributed by atoms with E-state index in [4.69, 9.17) is 20.4 Å². The van der Waals surface area contributed by atoms with E-state index in [1.54, 1.807) is 6.26 Å². The molecule has 32 heavy (non-hydrogen) atoms. The molecule has 0 bridgehead atoms. The van der Waals surface area contributed by atoms with Gasteiger partial charge in [-0.1, -0.05) is 23.7 Å². The molecule has 0 aliphatic heterocycles. The van der Waals surface area contributed by atoms with Crippen LogP contribution in [0, 0.1) is 13.8 Å². The monoisotopic (exact) mass is 452 g/mol. The van der Waals surface area contributed by atoms with Gasteiger partial charge in [0.1, 0.15) is 11.2 Å². The number of rotatable bonds is 6. The fraction of sp³-hybridized carbons (Fsp3) is 0.280. The van der Waals surface area contributed by atoms with Gasteiger partial charge >= 0.3 is 5.63 Å². The summed E-state index contributed by atoms with van der Waals surface area (Å²) in [5.74, 6) is -0.204. The summed E-state index contributed by atoms with van der Waals surface area (Å²) in [6, 6.07) is 9.51. The third-order valence-corrected chi connectivity index (χ3v) is 5.97. The predicted molar refractivity (Wildman–Crippen MR) is 127 cm³/mol. The van der Waals surface area contributed by atoms with Crippen molar-refractivity contribution in [3.63, 3.8) is 0 Å². The van der Waals surface area contributed by atoms with E-state index in [0.29, 0.717) is 28.3 Å². The number of nitrogens with one attached hydrogen (secondary N) is 1. The lowest BCUT2D eigenvalue weighted by molar-refractivity contribution is -0.120. The first kappa shape index (κ1) is 22.1. The van der Waals surface area contributed by atoms with E-state index in [2.05, 4.69) is 5.32 Å². The van der Waals surface area contributed by atoms with Gasteiger partial charge in [-0.15, -0.1) is 0 Å². The second-order valence-electron chi connectivity index (χ2n) is 8.23. The van der Waals surface area contributed by atoms with E-state index in [-0.39, 0.29) is 12.3 Å². The van der Waals surface area contributed by atoms with Gasteiger partial charge in [-0.3, -0.25) is 4.79 Å². The molecule has 0 fully saturated rings. The van der Waals surface area contributed by atoms with Gasteiger partial charge in [-0.05, 0) is 57.3 Å². The highest BCUT2D eigenvalue weighted by atomic mass is 35.5. The number of nitrogens with zero attached hydrogens (tertiary/aromatic N) is 1. The van der Waals surface area contributed by atoms with Gasteiger partial charge in [0.2, 0.25) is 5.91 Å². The van der Waals surface area contributed by atoms with Crippen LogP contribution in [0.4, 0.5) is 0 Å². The fourth-order valence-corrected chi connectivity index (χ4v) is 4.02. The Bertz CT molecular complexity index is 1370. The molecule has 2 heterocycles. The molecular weight excluding hydrogens is 428 g/mol. The first-order chi connectivity index (χ1) is 15.3. The van der Waals surface area contributed by atoms with Crippen molar-refractivity contribution < 1.29 is 13.6 Å². The van der Waals surface area contributed by atoms with Gasteiger partial charge in [-0.25, -0.2) is 4.79 Å². The standard InChI is InChI=1S/C25H25ClN2O4/c1-14-18-11-20-21(16-5-7-17(26)8-6-16)13-31-23(20)15(2)24(18)32-25(30)19(14)12-22(29)27-9-10-28(3)4/h5-8,11,13H,9-10,12H2,1-4H3,(H,27,29). The third-order valence-electron chi connectivity index (χ3n) is 5.72. The van der Waals surface area contributed by atoms with Crippen molar-refractivity contribution in [1.29, 1.82) is 0 Å². The highest BCUT2D eigenvalue weighted by Gasteiger charge is 2.20. The third kappa shape index (κ3) is 4.16. The number of hydrogen-bond acceptors (Lipinski definition) is 5. The average Bonchev–Trinajstić information content (AvgIpc) is 3.17. The second-order valence-corrected chi connectivity index (χ2v) is 8.67. The van der Waals surface area contributed by atoms with E-state index in [1.165, 1.54) is 0 Å². The summed E-state index contributed by atoms with van der Waals surface area (Å²) in [6.07, 6.45) is 1.68. The van der Waals surface area contributed by atoms with E-state index < -0.39 is 5.63 Å². The summed E-state index contributed by atoms with van der Waals surface area (Å²) in [5, 5.41) is 5.22. The molecule has 0 saturated carbocycles. The number of carbonyl (C=O) groups excluding carboxylic acids is 1. The van der Waals surface area contributed by atoms with E-state index >= 15 is 0 Å². The smallest absolute Gasteiger partial charge is 0.340 e. The SMILES string of the molecule is Cc1c(CC(=O)NCCN(C)C)c(=O)oc2c(C)c3occ(-c4ccc(Cl)cc4)c3cc12. The Hall–Kier alpha value is -3.09. The highest BCUT2D eigenvalue weighted by molar-refractivity contribution is 6.30. The largest absolute Gasteiger partial charge is 0.463 e. The van der Waals surface area contributed by atoms with Crippen molar-refractivity contribution >= 4 is 39.4 Å². The van der Waals surface area contributed by atoms with E-state index in [0.717, 1.165) is 39.6 Å². The minimum absolute atomic E-state index is 0.0238. The first-order valence-electron chi connectivity index (χ1n) is 10.4. The van der Waals surface area contributed by atoms with Crippen LogP contribution in [0.15, 0.2) is 50.2 Å². The Morgan fingerprint density at radius 3 is 2.47 bits per heavy atom. The van der Waals surface area contributed by atoms with Crippen LogP contribution in [0.1, 0.15) is 16.7 Å². The molecule has 166 valence electrons. The predicted octanol–water partition coefficient (Wildman–Crippen LogP) is 4.70. The number of halogens is 1. The number of carbonyl (C=O) groups is 1. The molecule has 7 heteroatoms. The van der Waals surface area contributed by atoms with E-state index in [9.17, 15) is 9.59 Å². The maximum atomic E-state index is 12.7. The minimum atomic E-state index is -0.496. The van der Waals surface area contributed by atoms with Gasteiger partial charge in [0.05, 0.1) is 18.2 Å². The van der Waals surface area contributed by atoms with Gasteiger partial charge in [-0.2, -0.15) is 0 Å². The fourth-order valence-electron chi connectivity index (χ4n) is 3.90. The van der Waals surface area contributed by atoms with Crippen LogP contribution in [0.2, 0.25) is 5.02 Å². The number of furan rings is 1. The summed E-state index contributed by atoms with van der Waals surface area (Å²) in [7, 11) is 3.87. The number of amides is 1. The topological polar surface area (TPSA) is 75.7 Å². The lowest BCUT2D eigenvalue weighted by Gasteiger charge is -2.12. The van der Waals surface area contributed by atoms with Crippen molar-refractivity contribution in [2.75, 3.05) is 27.2 Å². The maximum absolute atomic E-state index is 12.7. The van der Waals surface area contributed by atoms with Crippen molar-refractivity contribution in [1.82, 2.24) is 10.2 Å². The van der Waals surface area contributed by atoms with Crippen molar-refractivity contribution in [2.24, 2.45) is 0 Å². The number of benzene rings is 2. The average molecular weight is 453 g/mol. The van der Waals surface area contributed by atoms with Crippen LogP contribution in [-0.2, 0) is 11.2 Å². The quantitative estimate of drug-likeness (QED) is 0.429. The zero-order valence-electron chi connectivity index (χ0n) is 18.5. The van der Waals surface area contributed by atoms with Crippen LogP contribution < -0.4 is 10.9 Å². The molecule has 2 aromatic heterocycles. The zero-order valence-corrected chi connectivity index (χ0v) is 19.3. The maximum Gasteiger partial charge on any atom is 0.340 e. The molecule has 6 nitrogen and oxygen atoms in total. The molecule has 1 N–H and O–H groups in total. The molecule has 0 aliphatic carbocycles. The summed E-state index contributed by atoms with van der Waals surface area (Å²) in [6.45, 7) is 4.97. The molecule has 0 unspecified atom stereocenters. The molecule has 4 rings (SSSR count). The Morgan fingerprint density at radius 1 is 1.06 bits per heavy atom. The van der Waals surface area contributed by atoms with Gasteiger partial charge in [0, 0.05) is 40.0 Å². The molecule has 4 aromatic rings. The lowest BCUT2D eigenvalue weighted by Crippen LogP contribution is -2.33. The Kier molecular flexibility index (Phi) is 6.09. The highest BCUT2D eigenvalue weighted by Crippen LogP contribution is 2.37. The lowest BCUT2D eigenvalue weighted by atomic mass is 9.97. The molecular formula is C25H25ClN2O4. The second kappa shape index (κ2) is 8.81. The van der Waals surface area contributed by atoms with Crippen molar-refractivity contribution in [3.8, 4) is 11.1 Å². The minimum Gasteiger partial charge on any atom is -0.463 e. The van der Waals surface area contributed by atoms with Crippen LogP contribution in [0.3, 0.4) is 0 Å². The molecule has 0 saturated heterocycles. The summed E-state index contributed by atoms with van der Waals surface area (Å²) in [4.78, 5) is 27.1. The molecule has 0 atom stereocenters. The zero-order chi connectivity index (χ0) is 23.0. The molecule has 1 amide bonds. The number of likely N-dealkylation sites (N-methyl/N-ethyl adjacent to an activating group) is 1. The van der Waals surface area contributed by atoms with E-state index in [1.807, 2.05) is 63.2 Å². The van der Waals surface area contributed by atoms with Crippen molar-refractivity contribution in [2.45, 2.75) is 20.3 Å². The van der Waals surface area contributed by atoms with Crippen LogP contribution in [-0.4, -0.2) is 38.0 Å². The first-order valence-corrected chi connectivity index (χ1v) is 10.8. The van der Waals surface area contributed by atoms with Crippen LogP contribution in [0.5, 0.6) is 0 Å². The Balaban J connectivity index is 1.79. The molecule has 0 spiro atoms. The summed E-state index contributed by atoms with van der Waals surface area (Å²) >= 11 is 6.04. The summed E-state index contributed by atoms with van der Waals surface area (Å²) in [5.41, 5.74) is 4.41. The summed E-state index contributed by atoms with van der Waals surface area (Å²) < 4.78 is 11.5. The number of fused-ring (bicyclic) bond motifs is 2. The van der Waals surface area contributed by atoms with Gasteiger partial charge in [0.15, 0.2) is 0 Å². The molecule has 0 aliphatic rings. The normalized spacial score (nSPS) is 11.6. The molecule has 2 aromatic carbocycles. The molecule has 0 radical (unpaired) electrons. The Labute approximate surface area is 190 Å². The van der Waals surface area contributed by atoms with Gasteiger partial charge in [0.25, 0.3) is 0 Å². The number of hydrogen-bond donors (Lipinski definition) is 1. The van der Waals surface area contributed by atoms with Crippen LogP contribution in [0.25, 0.3) is 33.1 Å².